The van der Waals surface area contributed by atoms with Crippen molar-refractivity contribution in [3.05, 3.63) is 53.5 Å². The number of hydrogen-bond donors (Lipinski definition) is 2. The maximum atomic E-state index is 12.6. The van der Waals surface area contributed by atoms with Crippen LogP contribution in [0.15, 0.2) is 45.8 Å². The van der Waals surface area contributed by atoms with E-state index in [4.69, 9.17) is 4.42 Å². The number of hydrogen-bond acceptors (Lipinski definition) is 4. The molecule has 0 saturated carbocycles. The van der Waals surface area contributed by atoms with E-state index in [1.165, 1.54) is 18.9 Å². The lowest BCUT2D eigenvalue weighted by Gasteiger charge is -2.27. The average molecular weight is 406 g/mol. The number of benzene rings is 1. The molecular formula is C21H28F2N4O2. The molecule has 1 atom stereocenters. The zero-order valence-electron chi connectivity index (χ0n) is 16.8. The van der Waals surface area contributed by atoms with E-state index in [0.717, 1.165) is 24.6 Å². The van der Waals surface area contributed by atoms with E-state index in [0.29, 0.717) is 24.6 Å². The third-order valence-corrected chi connectivity index (χ3v) is 4.99. The van der Waals surface area contributed by atoms with Gasteiger partial charge in [0, 0.05) is 25.7 Å². The minimum atomic E-state index is -2.86. The Morgan fingerprint density at radius 3 is 2.59 bits per heavy atom. The molecule has 0 aliphatic carbocycles. The normalized spacial score (nSPS) is 16.2. The van der Waals surface area contributed by atoms with Crippen molar-refractivity contribution < 1.29 is 17.9 Å². The third kappa shape index (κ3) is 5.93. The number of nitrogens with one attached hydrogen (secondary N) is 2. The van der Waals surface area contributed by atoms with Crippen molar-refractivity contribution in [3.63, 3.8) is 0 Å². The number of furan rings is 1. The molecule has 2 aromatic rings. The molecule has 158 valence electrons. The molecule has 0 bridgehead atoms. The van der Waals surface area contributed by atoms with Crippen molar-refractivity contribution in [1.29, 1.82) is 0 Å². The predicted molar refractivity (Wildman–Crippen MR) is 108 cm³/mol. The van der Waals surface area contributed by atoms with Crippen molar-refractivity contribution in [2.24, 2.45) is 4.99 Å². The Morgan fingerprint density at radius 2 is 1.93 bits per heavy atom. The first-order valence-corrected chi connectivity index (χ1v) is 9.84. The summed E-state index contributed by atoms with van der Waals surface area (Å²) in [5.41, 5.74) is 0.633. The highest BCUT2D eigenvalue weighted by molar-refractivity contribution is 5.79. The fourth-order valence-electron chi connectivity index (χ4n) is 3.55. The summed E-state index contributed by atoms with van der Waals surface area (Å²) in [7, 11) is 1.68. The summed E-state index contributed by atoms with van der Waals surface area (Å²) in [4.78, 5) is 6.65. The van der Waals surface area contributed by atoms with Crippen LogP contribution in [0.5, 0.6) is 5.75 Å². The Morgan fingerprint density at radius 1 is 1.17 bits per heavy atom. The van der Waals surface area contributed by atoms with Gasteiger partial charge in [-0.25, -0.2) is 0 Å². The molecule has 0 spiro atoms. The van der Waals surface area contributed by atoms with Crippen LogP contribution in [0.3, 0.4) is 0 Å². The second-order valence-corrected chi connectivity index (χ2v) is 7.00. The van der Waals surface area contributed by atoms with Gasteiger partial charge in [-0.3, -0.25) is 9.89 Å². The highest BCUT2D eigenvalue weighted by Gasteiger charge is 2.26. The Bertz CT molecular complexity index is 803. The van der Waals surface area contributed by atoms with Crippen molar-refractivity contribution in [3.8, 4) is 5.75 Å². The molecule has 1 aromatic carbocycles. The fraction of sp³-hybridized carbons (Fsp3) is 0.476. The Hall–Kier alpha value is -2.61. The van der Waals surface area contributed by atoms with E-state index < -0.39 is 6.61 Å². The molecule has 2 N–H and O–H groups in total. The second-order valence-electron chi connectivity index (χ2n) is 7.00. The predicted octanol–water partition coefficient (Wildman–Crippen LogP) is 3.69. The molecule has 1 aromatic heterocycles. The van der Waals surface area contributed by atoms with E-state index in [1.807, 2.05) is 19.1 Å². The number of rotatable bonds is 8. The zero-order chi connectivity index (χ0) is 20.6. The number of guanidine groups is 1. The molecular weight excluding hydrogens is 378 g/mol. The number of nitrogens with zero attached hydrogens (tertiary/aromatic N) is 2. The molecule has 0 amide bonds. The molecule has 1 unspecified atom stereocenters. The molecule has 1 aliphatic heterocycles. The smallest absolute Gasteiger partial charge is 0.387 e. The van der Waals surface area contributed by atoms with Crippen LogP contribution >= 0.6 is 0 Å². The standard InChI is InChI=1S/C21H28F2N4O2/c1-15-9-10-19(28-15)17(27-11-5-6-12-27)14-26-21(24-2)25-13-16-7-3-4-8-18(16)29-20(22)23/h3-4,7-10,17,20H,5-6,11-14H2,1-2H3,(H2,24,25,26). The number of ether oxygens (including phenoxy) is 1. The molecule has 0 radical (unpaired) electrons. The summed E-state index contributed by atoms with van der Waals surface area (Å²) < 4.78 is 35.6. The van der Waals surface area contributed by atoms with Crippen LogP contribution in [0.4, 0.5) is 8.78 Å². The van der Waals surface area contributed by atoms with Crippen LogP contribution in [0.1, 0.15) is 36.0 Å². The highest BCUT2D eigenvalue weighted by Crippen LogP contribution is 2.26. The van der Waals surface area contributed by atoms with Crippen LogP contribution in [-0.2, 0) is 6.54 Å². The van der Waals surface area contributed by atoms with Gasteiger partial charge in [-0.1, -0.05) is 18.2 Å². The summed E-state index contributed by atoms with van der Waals surface area (Å²) in [5, 5.41) is 6.50. The van der Waals surface area contributed by atoms with Gasteiger partial charge in [0.25, 0.3) is 0 Å². The molecule has 6 nitrogen and oxygen atoms in total. The SMILES string of the molecule is CN=C(NCc1ccccc1OC(F)F)NCC(c1ccc(C)o1)N1CCCC1. The largest absolute Gasteiger partial charge is 0.465 e. The maximum absolute atomic E-state index is 12.6. The van der Waals surface area contributed by atoms with Crippen molar-refractivity contribution in [2.75, 3.05) is 26.7 Å². The minimum Gasteiger partial charge on any atom is -0.465 e. The molecule has 2 heterocycles. The van der Waals surface area contributed by atoms with Crippen molar-refractivity contribution in [2.45, 2.75) is 39.0 Å². The summed E-state index contributed by atoms with van der Waals surface area (Å²) in [6, 6.07) is 10.8. The van der Waals surface area contributed by atoms with E-state index >= 15 is 0 Å². The topological polar surface area (TPSA) is 62.0 Å². The number of alkyl halides is 2. The summed E-state index contributed by atoms with van der Waals surface area (Å²) in [5.74, 6) is 2.57. The average Bonchev–Trinajstić information content (AvgIpc) is 3.37. The summed E-state index contributed by atoms with van der Waals surface area (Å²) in [6.07, 6.45) is 2.37. The van der Waals surface area contributed by atoms with E-state index in [-0.39, 0.29) is 11.8 Å². The second kappa shape index (κ2) is 10.2. The van der Waals surface area contributed by atoms with Crippen LogP contribution in [-0.4, -0.2) is 44.2 Å². The molecule has 29 heavy (non-hydrogen) atoms. The van der Waals surface area contributed by atoms with Crippen LogP contribution in [0, 0.1) is 6.92 Å². The van der Waals surface area contributed by atoms with Gasteiger partial charge in [0.05, 0.1) is 6.04 Å². The Kier molecular flexibility index (Phi) is 7.46. The van der Waals surface area contributed by atoms with E-state index in [9.17, 15) is 8.78 Å². The lowest BCUT2D eigenvalue weighted by atomic mass is 10.2. The molecule has 1 aliphatic rings. The first kappa shape index (κ1) is 21.1. The molecule has 1 saturated heterocycles. The maximum Gasteiger partial charge on any atom is 0.387 e. The van der Waals surface area contributed by atoms with Gasteiger partial charge in [-0.05, 0) is 51.1 Å². The van der Waals surface area contributed by atoms with Gasteiger partial charge in [-0.2, -0.15) is 8.78 Å². The zero-order valence-corrected chi connectivity index (χ0v) is 16.8. The molecule has 8 heteroatoms. The van der Waals surface area contributed by atoms with Crippen LogP contribution in [0.2, 0.25) is 0 Å². The highest BCUT2D eigenvalue weighted by atomic mass is 19.3. The lowest BCUT2D eigenvalue weighted by molar-refractivity contribution is -0.0504. The number of likely N-dealkylation sites (tertiary alicyclic amines) is 1. The Labute approximate surface area is 169 Å². The first-order chi connectivity index (χ1) is 14.1. The van der Waals surface area contributed by atoms with E-state index in [1.54, 1.807) is 25.2 Å². The number of aliphatic imine (C=N–C) groups is 1. The monoisotopic (exact) mass is 406 g/mol. The number of halogens is 2. The van der Waals surface area contributed by atoms with Gasteiger partial charge in [0.1, 0.15) is 17.3 Å². The lowest BCUT2D eigenvalue weighted by Crippen LogP contribution is -2.42. The molecule has 1 fully saturated rings. The number of para-hydroxylation sites is 1. The van der Waals surface area contributed by atoms with Gasteiger partial charge in [-0.15, -0.1) is 0 Å². The first-order valence-electron chi connectivity index (χ1n) is 9.84. The van der Waals surface area contributed by atoms with Crippen molar-refractivity contribution >= 4 is 5.96 Å². The van der Waals surface area contributed by atoms with Gasteiger partial charge in [0.2, 0.25) is 0 Å². The third-order valence-electron chi connectivity index (χ3n) is 4.99. The van der Waals surface area contributed by atoms with Gasteiger partial charge >= 0.3 is 6.61 Å². The Balaban J connectivity index is 1.60. The fourth-order valence-corrected chi connectivity index (χ4v) is 3.55. The van der Waals surface area contributed by atoms with Crippen LogP contribution < -0.4 is 15.4 Å². The van der Waals surface area contributed by atoms with Gasteiger partial charge < -0.3 is 19.8 Å². The summed E-state index contributed by atoms with van der Waals surface area (Å²) >= 11 is 0. The quantitative estimate of drug-likeness (QED) is 0.517. The van der Waals surface area contributed by atoms with Crippen molar-refractivity contribution in [1.82, 2.24) is 15.5 Å². The number of aryl methyl sites for hydroxylation is 1. The minimum absolute atomic E-state index is 0.110. The van der Waals surface area contributed by atoms with Crippen LogP contribution in [0.25, 0.3) is 0 Å². The molecule has 3 rings (SSSR count). The van der Waals surface area contributed by atoms with Gasteiger partial charge in [0.15, 0.2) is 5.96 Å². The summed E-state index contributed by atoms with van der Waals surface area (Å²) in [6.45, 7) is 2.11. The van der Waals surface area contributed by atoms with E-state index in [2.05, 4.69) is 25.3 Å².